The first-order chi connectivity index (χ1) is 36.7. The van der Waals surface area contributed by atoms with Gasteiger partial charge in [0.1, 0.15) is 35.3 Å². The molecule has 4 unspecified atom stereocenters. The van der Waals surface area contributed by atoms with E-state index in [1.54, 1.807) is 28.6 Å². The number of aromatic nitrogens is 6. The molecule has 4 N–H and O–H groups in total. The maximum Gasteiger partial charge on any atom is 0.407 e. The van der Waals surface area contributed by atoms with Gasteiger partial charge in [-0.2, -0.15) is 0 Å². The second-order valence-corrected chi connectivity index (χ2v) is 22.6. The number of nitrogens with one attached hydrogen (secondary N) is 4. The first-order valence-electron chi connectivity index (χ1n) is 26.4. The highest BCUT2D eigenvalue weighted by Gasteiger charge is 2.44. The number of alkyl carbamates (subject to hydrolysis) is 2. The molecule has 2 aromatic carbocycles. The largest absolute Gasteiger partial charge is 0.464 e. The average Bonchev–Trinajstić information content (AvgIpc) is 4.33. The molecular weight excluding hydrogens is 996 g/mol. The van der Waals surface area contributed by atoms with Crippen molar-refractivity contribution in [2.75, 3.05) is 47.1 Å². The number of carbonyl (C=O) groups is 4. The van der Waals surface area contributed by atoms with E-state index in [1.807, 2.05) is 67.6 Å². The van der Waals surface area contributed by atoms with Crippen LogP contribution >= 0.6 is 11.3 Å². The van der Waals surface area contributed by atoms with Crippen molar-refractivity contribution in [3.05, 3.63) is 82.3 Å². The summed E-state index contributed by atoms with van der Waals surface area (Å²) in [6, 6.07) is 9.13. The Hall–Kier alpha value is -6.84. The van der Waals surface area contributed by atoms with Crippen LogP contribution in [0.2, 0.25) is 0 Å². The highest BCUT2D eigenvalue weighted by atomic mass is 32.1. The monoisotopic (exact) mass is 1060 g/mol. The van der Waals surface area contributed by atoms with Crippen LogP contribution in [0.4, 0.5) is 14.0 Å². The maximum absolute atomic E-state index is 17.1. The van der Waals surface area contributed by atoms with Crippen molar-refractivity contribution in [3.63, 3.8) is 0 Å². The van der Waals surface area contributed by atoms with Crippen LogP contribution in [-0.2, 0) is 28.5 Å². The standard InChI is InChI=1S/C55H65FN10O9S/c1-29(2)45(62-53(69)71-5)50(67)64-16-7-9-39(64)48-58-27-37(61-48)33-22-35(56)44-41-23-34-21-31(11-12-38(34)66(41)52(75-42(44)24-33)43-28-59-49(76-43)30-13-18-73-19-14-30)36-26-57-47(60-36)40-10-8-17-65(40)51(68)46(63-54(70)72-6)32-15-20-74-55(3,4)25-32/h11-12,21-24,26-30,32,39-40,45-46,52H,7-10,13-20,25H2,1-6H3,(H,57,60)(H,58,61)(H,62,69)(H,63,70)/t32?,39-,40-,45?,46?,52?/m0/s1. The Morgan fingerprint density at radius 1 is 0.803 bits per heavy atom. The van der Waals surface area contributed by atoms with E-state index in [1.165, 1.54) is 20.3 Å². The summed E-state index contributed by atoms with van der Waals surface area (Å²) in [5.41, 5.74) is 4.05. The topological polar surface area (TPSA) is 220 Å². The fraction of sp³-hybridized carbons (Fsp3) is 0.509. The Morgan fingerprint density at radius 3 is 2.14 bits per heavy atom. The Labute approximate surface area is 443 Å². The van der Waals surface area contributed by atoms with Gasteiger partial charge in [-0.3, -0.25) is 14.2 Å². The SMILES string of the molecule is COC(=O)NC(C(=O)N1CCC[C@H]1c1ncc(-c2cc(F)c3c(c2)OC(c2cnc(C4CCOCC4)s2)n2c-3cc3cc(-c4cnc([C@@H]5CCCN5C(=O)C(NC(=O)OC)C5CCOC(C)(C)C5)[nH]4)ccc32)[nH]1)C(C)C. The zero-order valence-electron chi connectivity index (χ0n) is 43.7. The predicted octanol–water partition coefficient (Wildman–Crippen LogP) is 9.15. The molecule has 11 rings (SSSR count). The minimum atomic E-state index is -0.783. The third-order valence-electron chi connectivity index (χ3n) is 15.8. The molecule has 0 radical (unpaired) electrons. The molecule has 9 heterocycles. The van der Waals surface area contributed by atoms with Crippen molar-refractivity contribution in [2.45, 2.75) is 121 Å². The van der Waals surface area contributed by atoms with Gasteiger partial charge in [0.2, 0.25) is 18.0 Å². The van der Waals surface area contributed by atoms with E-state index in [0.717, 1.165) is 57.7 Å². The minimum Gasteiger partial charge on any atom is -0.464 e. The number of nitrogens with zero attached hydrogens (tertiary/aromatic N) is 6. The third-order valence-corrected chi connectivity index (χ3v) is 17.0. The van der Waals surface area contributed by atoms with E-state index in [4.69, 9.17) is 38.6 Å². The fourth-order valence-electron chi connectivity index (χ4n) is 12.0. The van der Waals surface area contributed by atoms with Gasteiger partial charge in [-0.25, -0.2) is 28.9 Å². The van der Waals surface area contributed by atoms with E-state index < -0.39 is 41.9 Å². The summed E-state index contributed by atoms with van der Waals surface area (Å²) in [6.45, 7) is 10.6. The maximum atomic E-state index is 17.1. The Bertz CT molecular complexity index is 3160. The quantitative estimate of drug-likeness (QED) is 0.0902. The van der Waals surface area contributed by atoms with Crippen molar-refractivity contribution in [3.8, 4) is 39.5 Å². The lowest BCUT2D eigenvalue weighted by atomic mass is 9.82. The lowest BCUT2D eigenvalue weighted by Crippen LogP contribution is -2.54. The van der Waals surface area contributed by atoms with Gasteiger partial charge in [0.05, 0.1) is 82.3 Å². The van der Waals surface area contributed by atoms with Gasteiger partial charge >= 0.3 is 12.2 Å². The molecule has 76 heavy (non-hydrogen) atoms. The van der Waals surface area contributed by atoms with Gasteiger partial charge in [-0.15, -0.1) is 11.3 Å². The second kappa shape index (κ2) is 20.9. The second-order valence-electron chi connectivity index (χ2n) is 21.5. The minimum absolute atomic E-state index is 0.137. The Kier molecular flexibility index (Phi) is 14.1. The molecule has 19 nitrogen and oxygen atoms in total. The smallest absolute Gasteiger partial charge is 0.407 e. The summed E-state index contributed by atoms with van der Waals surface area (Å²) in [4.78, 5) is 79.0. The highest BCUT2D eigenvalue weighted by Crippen LogP contribution is 2.49. The number of fused-ring (bicyclic) bond motifs is 5. The molecular formula is C55H65FN10O9S. The van der Waals surface area contributed by atoms with E-state index in [-0.39, 0.29) is 41.7 Å². The van der Waals surface area contributed by atoms with Crippen molar-refractivity contribution in [2.24, 2.45) is 11.8 Å². The summed E-state index contributed by atoms with van der Waals surface area (Å²) < 4.78 is 47.5. The summed E-state index contributed by atoms with van der Waals surface area (Å²) in [5, 5.41) is 7.42. The van der Waals surface area contributed by atoms with E-state index in [0.29, 0.717) is 98.5 Å². The summed E-state index contributed by atoms with van der Waals surface area (Å²) in [5.74, 6) is 0.644. The number of halogens is 1. The van der Waals surface area contributed by atoms with Crippen LogP contribution in [0, 0.1) is 17.7 Å². The first kappa shape index (κ1) is 51.3. The van der Waals surface area contributed by atoms with Crippen molar-refractivity contribution in [1.82, 2.24) is 49.9 Å². The zero-order chi connectivity index (χ0) is 53.0. The molecule has 0 spiro atoms. The Morgan fingerprint density at radius 2 is 1.47 bits per heavy atom. The molecule has 0 bridgehead atoms. The summed E-state index contributed by atoms with van der Waals surface area (Å²) >= 11 is 1.60. The highest BCUT2D eigenvalue weighted by molar-refractivity contribution is 7.11. The fourth-order valence-corrected chi connectivity index (χ4v) is 13.1. The van der Waals surface area contributed by atoms with E-state index >= 15 is 4.39 Å². The summed E-state index contributed by atoms with van der Waals surface area (Å²) in [7, 11) is 2.57. The van der Waals surface area contributed by atoms with Crippen molar-refractivity contribution >= 4 is 46.2 Å². The molecule has 402 valence electrons. The molecule has 6 atom stereocenters. The zero-order valence-corrected chi connectivity index (χ0v) is 44.5. The van der Waals surface area contributed by atoms with Crippen LogP contribution < -0.4 is 15.4 Å². The number of amides is 4. The number of carbonyl (C=O) groups excluding carboxylic acids is 4. The number of methoxy groups -OCH3 is 2. The number of hydrogen-bond donors (Lipinski definition) is 4. The number of rotatable bonds is 12. The van der Waals surface area contributed by atoms with Gasteiger partial charge < -0.3 is 54.1 Å². The van der Waals surface area contributed by atoms with Crippen LogP contribution in [-0.4, -0.2) is 128 Å². The normalized spacial score (nSPS) is 22.2. The molecule has 5 aliphatic heterocycles. The lowest BCUT2D eigenvalue weighted by Gasteiger charge is -2.40. The number of imidazole rings is 2. The number of ether oxygens (including phenoxy) is 5. The molecule has 0 saturated carbocycles. The van der Waals surface area contributed by atoms with Gasteiger partial charge in [0.25, 0.3) is 0 Å². The van der Waals surface area contributed by atoms with E-state index in [9.17, 15) is 19.2 Å². The molecule has 4 saturated heterocycles. The van der Waals surface area contributed by atoms with Gasteiger partial charge in [0, 0.05) is 61.5 Å². The number of H-pyrrole nitrogens is 2. The Balaban J connectivity index is 0.905. The molecule has 5 aliphatic rings. The molecule has 4 fully saturated rings. The number of thiazole rings is 1. The van der Waals surface area contributed by atoms with Crippen LogP contribution in [0.3, 0.4) is 0 Å². The summed E-state index contributed by atoms with van der Waals surface area (Å²) in [6.07, 6.45) is 9.20. The average molecular weight is 1060 g/mol. The van der Waals surface area contributed by atoms with Crippen molar-refractivity contribution < 1.29 is 47.3 Å². The number of aromatic amines is 2. The number of benzene rings is 2. The van der Waals surface area contributed by atoms with E-state index in [2.05, 4.69) is 26.7 Å². The van der Waals surface area contributed by atoms with Crippen LogP contribution in [0.1, 0.15) is 125 Å². The van der Waals surface area contributed by atoms with Crippen LogP contribution in [0.25, 0.3) is 44.7 Å². The molecule has 4 amide bonds. The molecule has 4 aromatic heterocycles. The number of hydrogen-bond acceptors (Lipinski definition) is 13. The van der Waals surface area contributed by atoms with Gasteiger partial charge in [-0.05, 0) is 107 Å². The van der Waals surface area contributed by atoms with Gasteiger partial charge in [0.15, 0.2) is 0 Å². The first-order valence-corrected chi connectivity index (χ1v) is 27.2. The molecule has 0 aliphatic carbocycles. The number of likely N-dealkylation sites (tertiary alicyclic amines) is 2. The van der Waals surface area contributed by atoms with Gasteiger partial charge in [-0.1, -0.05) is 19.9 Å². The molecule has 21 heteroatoms. The molecule has 6 aromatic rings. The van der Waals surface area contributed by atoms with Crippen molar-refractivity contribution in [1.29, 1.82) is 0 Å². The van der Waals surface area contributed by atoms with Crippen LogP contribution in [0.15, 0.2) is 55.0 Å². The third kappa shape index (κ3) is 9.80. The predicted molar refractivity (Wildman–Crippen MR) is 280 cm³/mol. The lowest BCUT2D eigenvalue weighted by molar-refractivity contribution is -0.139. The van der Waals surface area contributed by atoms with Crippen LogP contribution in [0.5, 0.6) is 5.75 Å².